The number of aliphatic hydroxyl groups excluding tert-OH is 2. The number of hydrogen-bond donors (Lipinski definition) is 3. The molecule has 0 heterocycles. The summed E-state index contributed by atoms with van der Waals surface area (Å²) < 4.78 is 5.81. The standard InChI is InChI=1S/C54H97NO5/c1-4-7-10-13-16-19-22-25-27-29-31-34-37-40-43-46-52(57)51(49-56)55-53(58)48-50(45-42-39-36-33-30-28-26-23-20-17-14-11-8-5-2)60-54(59)47-44-41-38-35-32-24-21-18-15-12-9-6-3/h8,11,17,20,26,28,33,36,42,45,50-52,56-57H,4-7,9-10,12-16,18-19,21-25,27,29-32,34-35,37-41,43-44,46-49H2,1-3H3,(H,55,58)/b11-8+,20-17+,28-26+,36-33+,45-42+. The maximum atomic E-state index is 13.2. The third-order valence-electron chi connectivity index (χ3n) is 11.4. The zero-order valence-electron chi connectivity index (χ0n) is 39.6. The molecule has 0 radical (unpaired) electrons. The molecule has 3 unspecified atom stereocenters. The minimum Gasteiger partial charge on any atom is -0.458 e. The van der Waals surface area contributed by atoms with E-state index in [0.717, 1.165) is 64.2 Å². The van der Waals surface area contributed by atoms with Gasteiger partial charge < -0.3 is 20.3 Å². The molecule has 0 aromatic heterocycles. The maximum Gasteiger partial charge on any atom is 0.306 e. The molecule has 3 atom stereocenters. The molecular weight excluding hydrogens is 743 g/mol. The number of rotatable bonds is 45. The monoisotopic (exact) mass is 840 g/mol. The summed E-state index contributed by atoms with van der Waals surface area (Å²) in [5.41, 5.74) is 0. The zero-order chi connectivity index (χ0) is 43.8. The summed E-state index contributed by atoms with van der Waals surface area (Å²) in [5, 5.41) is 23.7. The molecule has 0 aliphatic heterocycles. The number of nitrogens with one attached hydrogen (secondary N) is 1. The number of aliphatic hydroxyl groups is 2. The van der Waals surface area contributed by atoms with E-state index < -0.39 is 18.2 Å². The van der Waals surface area contributed by atoms with Crippen LogP contribution in [0.1, 0.15) is 245 Å². The Morgan fingerprint density at radius 2 is 0.867 bits per heavy atom. The predicted molar refractivity (Wildman–Crippen MR) is 259 cm³/mol. The van der Waals surface area contributed by atoms with Crippen LogP contribution in [0.15, 0.2) is 60.8 Å². The van der Waals surface area contributed by atoms with Crippen molar-refractivity contribution in [3.05, 3.63) is 60.8 Å². The lowest BCUT2D eigenvalue weighted by molar-refractivity contribution is -0.148. The average Bonchev–Trinajstić information content (AvgIpc) is 3.24. The van der Waals surface area contributed by atoms with E-state index in [2.05, 4.69) is 74.7 Å². The molecule has 0 fully saturated rings. The molecular formula is C54H97NO5. The van der Waals surface area contributed by atoms with E-state index >= 15 is 0 Å². The lowest BCUT2D eigenvalue weighted by Crippen LogP contribution is -2.46. The number of ether oxygens (including phenoxy) is 1. The van der Waals surface area contributed by atoms with Crippen molar-refractivity contribution >= 4 is 11.9 Å². The van der Waals surface area contributed by atoms with Gasteiger partial charge in [-0.1, -0.05) is 242 Å². The van der Waals surface area contributed by atoms with Crippen molar-refractivity contribution in [2.24, 2.45) is 0 Å². The van der Waals surface area contributed by atoms with E-state index in [9.17, 15) is 19.8 Å². The third kappa shape index (κ3) is 42.3. The lowest BCUT2D eigenvalue weighted by Gasteiger charge is -2.23. The van der Waals surface area contributed by atoms with Gasteiger partial charge in [0.25, 0.3) is 0 Å². The summed E-state index contributed by atoms with van der Waals surface area (Å²) in [5.74, 6) is -0.624. The number of amides is 1. The van der Waals surface area contributed by atoms with Gasteiger partial charge in [-0.25, -0.2) is 0 Å². The first kappa shape index (κ1) is 57.6. The Morgan fingerprint density at radius 1 is 0.500 bits per heavy atom. The van der Waals surface area contributed by atoms with Crippen LogP contribution in [0.2, 0.25) is 0 Å². The van der Waals surface area contributed by atoms with Gasteiger partial charge in [-0.3, -0.25) is 9.59 Å². The highest BCUT2D eigenvalue weighted by molar-refractivity contribution is 5.78. The Labute approximate surface area is 371 Å². The number of hydrogen-bond acceptors (Lipinski definition) is 5. The molecule has 0 aromatic rings. The molecule has 0 bridgehead atoms. The van der Waals surface area contributed by atoms with E-state index in [1.54, 1.807) is 6.08 Å². The highest BCUT2D eigenvalue weighted by Crippen LogP contribution is 2.16. The summed E-state index contributed by atoms with van der Waals surface area (Å²) in [6.45, 7) is 6.33. The van der Waals surface area contributed by atoms with Gasteiger partial charge in [-0.2, -0.15) is 0 Å². The fraction of sp³-hybridized carbons (Fsp3) is 0.778. The molecule has 0 aliphatic carbocycles. The molecule has 1 amide bonds. The van der Waals surface area contributed by atoms with E-state index in [4.69, 9.17) is 4.74 Å². The molecule has 0 rings (SSSR count). The van der Waals surface area contributed by atoms with Gasteiger partial charge in [0.2, 0.25) is 5.91 Å². The SMILES string of the molecule is CC/C=C/C/C=C/C/C=C/C/C=C/C/C=C/C(CC(=O)NC(CO)C(O)CCCCCCCCCCCCCCCCC)OC(=O)CCCCCCCCCCCCCC. The molecule has 60 heavy (non-hydrogen) atoms. The van der Waals surface area contributed by atoms with Crippen molar-refractivity contribution in [3.63, 3.8) is 0 Å². The summed E-state index contributed by atoms with van der Waals surface area (Å²) in [6.07, 6.45) is 58.8. The van der Waals surface area contributed by atoms with Gasteiger partial charge in [0.05, 0.1) is 25.2 Å². The predicted octanol–water partition coefficient (Wildman–Crippen LogP) is 15.2. The van der Waals surface area contributed by atoms with Gasteiger partial charge in [0.15, 0.2) is 0 Å². The smallest absolute Gasteiger partial charge is 0.306 e. The van der Waals surface area contributed by atoms with Crippen LogP contribution in [0.25, 0.3) is 0 Å². The maximum absolute atomic E-state index is 13.2. The molecule has 0 saturated heterocycles. The highest BCUT2D eigenvalue weighted by atomic mass is 16.5. The average molecular weight is 840 g/mol. The minimum absolute atomic E-state index is 0.0446. The molecule has 6 nitrogen and oxygen atoms in total. The van der Waals surface area contributed by atoms with Crippen LogP contribution in [-0.4, -0.2) is 46.9 Å². The van der Waals surface area contributed by atoms with Crippen molar-refractivity contribution in [1.82, 2.24) is 5.32 Å². The second-order valence-corrected chi connectivity index (χ2v) is 17.2. The molecule has 3 N–H and O–H groups in total. The Morgan fingerprint density at radius 3 is 1.27 bits per heavy atom. The quantitative estimate of drug-likeness (QED) is 0.0322. The van der Waals surface area contributed by atoms with Crippen molar-refractivity contribution in [3.8, 4) is 0 Å². The summed E-state index contributed by atoms with van der Waals surface area (Å²) in [4.78, 5) is 26.0. The molecule has 0 spiro atoms. The second-order valence-electron chi connectivity index (χ2n) is 17.2. The van der Waals surface area contributed by atoms with Crippen LogP contribution >= 0.6 is 0 Å². The van der Waals surface area contributed by atoms with E-state index in [0.29, 0.717) is 19.3 Å². The summed E-state index contributed by atoms with van der Waals surface area (Å²) >= 11 is 0. The Balaban J connectivity index is 4.69. The lowest BCUT2D eigenvalue weighted by atomic mass is 10.0. The zero-order valence-corrected chi connectivity index (χ0v) is 39.6. The van der Waals surface area contributed by atoms with Crippen molar-refractivity contribution in [2.45, 2.75) is 264 Å². The molecule has 0 saturated carbocycles. The van der Waals surface area contributed by atoms with E-state index in [1.165, 1.54) is 135 Å². The fourth-order valence-corrected chi connectivity index (χ4v) is 7.51. The first-order chi connectivity index (χ1) is 29.5. The topological polar surface area (TPSA) is 95.9 Å². The van der Waals surface area contributed by atoms with Gasteiger partial charge >= 0.3 is 5.97 Å². The van der Waals surface area contributed by atoms with Gasteiger partial charge in [-0.05, 0) is 51.0 Å². The number of esters is 1. The van der Waals surface area contributed by atoms with Crippen LogP contribution in [0, 0.1) is 0 Å². The second kappa shape index (κ2) is 47.6. The fourth-order valence-electron chi connectivity index (χ4n) is 7.51. The van der Waals surface area contributed by atoms with Gasteiger partial charge in [0.1, 0.15) is 6.10 Å². The number of carbonyl (C=O) groups is 2. The van der Waals surface area contributed by atoms with Crippen molar-refractivity contribution in [1.29, 1.82) is 0 Å². The molecule has 348 valence electrons. The number of carbonyl (C=O) groups excluding carboxylic acids is 2. The molecule has 0 aromatic carbocycles. The molecule has 6 heteroatoms. The van der Waals surface area contributed by atoms with Gasteiger partial charge in [0, 0.05) is 6.42 Å². The van der Waals surface area contributed by atoms with Crippen LogP contribution in [0.4, 0.5) is 0 Å². The van der Waals surface area contributed by atoms with Crippen LogP contribution in [0.3, 0.4) is 0 Å². The van der Waals surface area contributed by atoms with E-state index in [-0.39, 0.29) is 24.9 Å². The van der Waals surface area contributed by atoms with Crippen LogP contribution in [0.5, 0.6) is 0 Å². The Kier molecular flexibility index (Phi) is 45.7. The van der Waals surface area contributed by atoms with Crippen LogP contribution in [-0.2, 0) is 14.3 Å². The van der Waals surface area contributed by atoms with Crippen LogP contribution < -0.4 is 5.32 Å². The first-order valence-corrected chi connectivity index (χ1v) is 25.5. The normalized spacial score (nSPS) is 13.8. The Bertz CT molecular complexity index is 1080. The Hall–Kier alpha value is -2.44. The highest BCUT2D eigenvalue weighted by Gasteiger charge is 2.23. The third-order valence-corrected chi connectivity index (χ3v) is 11.4. The van der Waals surface area contributed by atoms with Crippen molar-refractivity contribution in [2.75, 3.05) is 6.61 Å². The number of unbranched alkanes of at least 4 members (excludes halogenated alkanes) is 25. The van der Waals surface area contributed by atoms with Crippen molar-refractivity contribution < 1.29 is 24.5 Å². The van der Waals surface area contributed by atoms with E-state index in [1.807, 2.05) is 6.08 Å². The largest absolute Gasteiger partial charge is 0.458 e. The minimum atomic E-state index is -0.818. The molecule has 0 aliphatic rings. The van der Waals surface area contributed by atoms with Gasteiger partial charge in [-0.15, -0.1) is 0 Å². The summed E-state index contributed by atoms with van der Waals surface area (Å²) in [7, 11) is 0. The number of allylic oxidation sites excluding steroid dienone is 9. The summed E-state index contributed by atoms with van der Waals surface area (Å²) in [6, 6.07) is -0.741. The first-order valence-electron chi connectivity index (χ1n) is 25.5.